The molecule has 1 aliphatic carbocycles. The van der Waals surface area contributed by atoms with Gasteiger partial charge in [-0.15, -0.1) is 10.2 Å². The molecule has 5 nitrogen and oxygen atoms in total. The van der Waals surface area contributed by atoms with Gasteiger partial charge in [0.15, 0.2) is 5.82 Å². The molecule has 1 saturated carbocycles. The molecule has 0 aromatic carbocycles. The second-order valence-electron chi connectivity index (χ2n) is 5.14. The lowest BCUT2D eigenvalue weighted by molar-refractivity contribution is 0.393. The van der Waals surface area contributed by atoms with E-state index in [-0.39, 0.29) is 6.04 Å². The minimum atomic E-state index is 0.192. The zero-order chi connectivity index (χ0) is 12.1. The molecular weight excluding hydrogens is 214 g/mol. The Morgan fingerprint density at radius 3 is 2.94 bits per heavy atom. The summed E-state index contributed by atoms with van der Waals surface area (Å²) in [6.07, 6.45) is 7.97. The number of rotatable bonds is 4. The van der Waals surface area contributed by atoms with Crippen LogP contribution in [0.4, 0.5) is 0 Å². The Kier molecular flexibility index (Phi) is 4.48. The molecule has 3 unspecified atom stereocenters. The lowest BCUT2D eigenvalue weighted by atomic mass is 9.98. The Balaban J connectivity index is 1.82. The number of nitrogens with one attached hydrogen (secondary N) is 2. The third kappa shape index (κ3) is 3.49. The van der Waals surface area contributed by atoms with E-state index >= 15 is 0 Å². The highest BCUT2D eigenvalue weighted by Crippen LogP contribution is 2.26. The van der Waals surface area contributed by atoms with Gasteiger partial charge in [-0.3, -0.25) is 0 Å². The minimum Gasteiger partial charge on any atom is -0.305 e. The molecule has 0 bridgehead atoms. The van der Waals surface area contributed by atoms with Crippen LogP contribution in [0.15, 0.2) is 0 Å². The smallest absolute Gasteiger partial charge is 0.191 e. The molecule has 2 N–H and O–H groups in total. The maximum Gasteiger partial charge on any atom is 0.191 e. The van der Waals surface area contributed by atoms with E-state index in [0.29, 0.717) is 6.04 Å². The van der Waals surface area contributed by atoms with Crippen LogP contribution in [0, 0.1) is 5.92 Å². The van der Waals surface area contributed by atoms with Crippen molar-refractivity contribution in [3.8, 4) is 0 Å². The fourth-order valence-electron chi connectivity index (χ4n) is 2.73. The predicted molar refractivity (Wildman–Crippen MR) is 66.4 cm³/mol. The maximum absolute atomic E-state index is 4.03. The van der Waals surface area contributed by atoms with Crippen molar-refractivity contribution in [1.29, 1.82) is 0 Å². The zero-order valence-electron chi connectivity index (χ0n) is 10.8. The number of aromatic nitrogens is 4. The predicted octanol–water partition coefficient (Wildman–Crippen LogP) is 2.21. The van der Waals surface area contributed by atoms with Crippen LogP contribution in [0.5, 0.6) is 0 Å². The number of H-pyrrole nitrogens is 1. The van der Waals surface area contributed by atoms with Gasteiger partial charge in [0.2, 0.25) is 0 Å². The summed E-state index contributed by atoms with van der Waals surface area (Å²) in [6.45, 7) is 4.41. The molecule has 5 heteroatoms. The fraction of sp³-hybridized carbons (Fsp3) is 0.917. The summed E-state index contributed by atoms with van der Waals surface area (Å²) in [5.41, 5.74) is 0. The van der Waals surface area contributed by atoms with Gasteiger partial charge in [-0.25, -0.2) is 0 Å². The Labute approximate surface area is 103 Å². The zero-order valence-corrected chi connectivity index (χ0v) is 10.8. The summed E-state index contributed by atoms with van der Waals surface area (Å²) in [5, 5.41) is 17.8. The summed E-state index contributed by atoms with van der Waals surface area (Å²) >= 11 is 0. The SMILES string of the molecule is CCC1CCCC(NC(C)c2nn[nH]n2)CC1. The topological polar surface area (TPSA) is 66.5 Å². The Morgan fingerprint density at radius 1 is 1.35 bits per heavy atom. The molecule has 17 heavy (non-hydrogen) atoms. The van der Waals surface area contributed by atoms with Gasteiger partial charge in [-0.05, 0) is 32.1 Å². The lowest BCUT2D eigenvalue weighted by Gasteiger charge is -2.20. The summed E-state index contributed by atoms with van der Waals surface area (Å²) in [6, 6.07) is 0.803. The molecule has 3 atom stereocenters. The molecule has 0 saturated heterocycles. The molecular formula is C12H23N5. The molecule has 1 aliphatic rings. The minimum absolute atomic E-state index is 0.192. The van der Waals surface area contributed by atoms with E-state index in [2.05, 4.69) is 39.8 Å². The summed E-state index contributed by atoms with van der Waals surface area (Å²) in [5.74, 6) is 1.70. The van der Waals surface area contributed by atoms with Crippen molar-refractivity contribution >= 4 is 0 Å². The van der Waals surface area contributed by atoms with Crippen LogP contribution in [0.25, 0.3) is 0 Å². The molecule has 96 valence electrons. The summed E-state index contributed by atoms with van der Waals surface area (Å²) in [4.78, 5) is 0. The monoisotopic (exact) mass is 237 g/mol. The molecule has 1 heterocycles. The van der Waals surface area contributed by atoms with Crippen LogP contribution in [-0.4, -0.2) is 26.7 Å². The van der Waals surface area contributed by atoms with Crippen molar-refractivity contribution in [2.75, 3.05) is 0 Å². The molecule has 0 amide bonds. The van der Waals surface area contributed by atoms with Crippen LogP contribution >= 0.6 is 0 Å². The molecule has 0 radical (unpaired) electrons. The van der Waals surface area contributed by atoms with Gasteiger partial charge in [-0.1, -0.05) is 31.4 Å². The molecule has 1 aromatic rings. The summed E-state index contributed by atoms with van der Waals surface area (Å²) < 4.78 is 0. The Bertz CT molecular complexity index is 311. The van der Waals surface area contributed by atoms with Gasteiger partial charge in [-0.2, -0.15) is 5.21 Å². The van der Waals surface area contributed by atoms with Crippen LogP contribution < -0.4 is 5.32 Å². The molecule has 1 fully saturated rings. The highest BCUT2D eigenvalue weighted by Gasteiger charge is 2.20. The van der Waals surface area contributed by atoms with Crippen molar-refractivity contribution in [3.05, 3.63) is 5.82 Å². The molecule has 0 aliphatic heterocycles. The van der Waals surface area contributed by atoms with E-state index in [1.165, 1.54) is 38.5 Å². The Morgan fingerprint density at radius 2 is 2.24 bits per heavy atom. The first-order chi connectivity index (χ1) is 8.29. The number of aromatic amines is 1. The normalized spacial score (nSPS) is 27.6. The van der Waals surface area contributed by atoms with Crippen LogP contribution in [0.2, 0.25) is 0 Å². The molecule has 1 aromatic heterocycles. The van der Waals surface area contributed by atoms with Gasteiger partial charge < -0.3 is 5.32 Å². The quantitative estimate of drug-likeness (QED) is 0.788. The number of hydrogen-bond donors (Lipinski definition) is 2. The first-order valence-corrected chi connectivity index (χ1v) is 6.79. The van der Waals surface area contributed by atoms with Crippen LogP contribution in [0.1, 0.15) is 64.2 Å². The van der Waals surface area contributed by atoms with Crippen molar-refractivity contribution in [2.24, 2.45) is 5.92 Å². The average molecular weight is 237 g/mol. The maximum atomic E-state index is 4.03. The van der Waals surface area contributed by atoms with Crippen molar-refractivity contribution in [2.45, 2.75) is 64.5 Å². The molecule has 0 spiro atoms. The van der Waals surface area contributed by atoms with E-state index in [1.807, 2.05) is 0 Å². The number of tetrazole rings is 1. The van der Waals surface area contributed by atoms with Gasteiger partial charge in [0.25, 0.3) is 0 Å². The van der Waals surface area contributed by atoms with E-state index < -0.39 is 0 Å². The van der Waals surface area contributed by atoms with Gasteiger partial charge >= 0.3 is 0 Å². The third-order valence-electron chi connectivity index (χ3n) is 3.90. The average Bonchev–Trinajstić information content (AvgIpc) is 2.78. The van der Waals surface area contributed by atoms with E-state index in [4.69, 9.17) is 0 Å². The number of hydrogen-bond acceptors (Lipinski definition) is 4. The first kappa shape index (κ1) is 12.5. The highest BCUT2D eigenvalue weighted by molar-refractivity contribution is 4.88. The van der Waals surface area contributed by atoms with Crippen molar-refractivity contribution in [3.63, 3.8) is 0 Å². The second-order valence-corrected chi connectivity index (χ2v) is 5.14. The number of nitrogens with zero attached hydrogens (tertiary/aromatic N) is 3. The molecule has 2 rings (SSSR count). The van der Waals surface area contributed by atoms with Gasteiger partial charge in [0.05, 0.1) is 6.04 Å². The Hall–Kier alpha value is -0.970. The van der Waals surface area contributed by atoms with Crippen molar-refractivity contribution in [1.82, 2.24) is 25.9 Å². The van der Waals surface area contributed by atoms with Crippen molar-refractivity contribution < 1.29 is 0 Å². The van der Waals surface area contributed by atoms with Gasteiger partial charge in [0.1, 0.15) is 0 Å². The summed E-state index contributed by atoms with van der Waals surface area (Å²) in [7, 11) is 0. The van der Waals surface area contributed by atoms with Crippen LogP contribution in [0.3, 0.4) is 0 Å². The van der Waals surface area contributed by atoms with Gasteiger partial charge in [0, 0.05) is 6.04 Å². The first-order valence-electron chi connectivity index (χ1n) is 6.79. The lowest BCUT2D eigenvalue weighted by Crippen LogP contribution is -2.31. The highest BCUT2D eigenvalue weighted by atomic mass is 15.5. The third-order valence-corrected chi connectivity index (χ3v) is 3.90. The van der Waals surface area contributed by atoms with Crippen LogP contribution in [-0.2, 0) is 0 Å². The second kappa shape index (κ2) is 6.10. The largest absolute Gasteiger partial charge is 0.305 e. The van der Waals surface area contributed by atoms with E-state index in [0.717, 1.165) is 11.7 Å². The standard InChI is InChI=1S/C12H23N5/c1-3-10-5-4-6-11(8-7-10)13-9(2)12-14-16-17-15-12/h9-11,13H,3-8H2,1-2H3,(H,14,15,16,17). The van der Waals surface area contributed by atoms with E-state index in [1.54, 1.807) is 0 Å². The van der Waals surface area contributed by atoms with E-state index in [9.17, 15) is 0 Å². The fourth-order valence-corrected chi connectivity index (χ4v) is 2.73.